The molecule has 0 radical (unpaired) electrons. The number of hydrogen-bond acceptors (Lipinski definition) is 4. The van der Waals surface area contributed by atoms with Crippen molar-refractivity contribution in [1.82, 2.24) is 15.5 Å². The molecule has 8 heteroatoms. The first-order valence-electron chi connectivity index (χ1n) is 12.4. The number of aliphatic carboxylic acids is 1. The fourth-order valence-electron chi connectivity index (χ4n) is 4.26. The first kappa shape index (κ1) is 33.6. The van der Waals surface area contributed by atoms with E-state index in [4.69, 9.17) is 0 Å². The second kappa shape index (κ2) is 14.4. The number of hydrogen-bond donors (Lipinski definition) is 3. The third-order valence-electron chi connectivity index (χ3n) is 6.67. The Bertz CT molecular complexity index is 894. The third kappa shape index (κ3) is 8.93. The fourth-order valence-corrected chi connectivity index (χ4v) is 4.26. The van der Waals surface area contributed by atoms with Gasteiger partial charge in [0.05, 0.1) is 12.1 Å². The number of likely N-dealkylation sites (N-methyl/N-ethyl adjacent to an activating group) is 2. The van der Waals surface area contributed by atoms with Crippen molar-refractivity contribution in [2.24, 2.45) is 5.41 Å². The molecule has 0 aliphatic heterocycles. The molecule has 0 spiro atoms. The highest BCUT2D eigenvalue weighted by Gasteiger charge is 2.41. The highest BCUT2D eigenvalue weighted by Crippen LogP contribution is 2.29. The van der Waals surface area contributed by atoms with Gasteiger partial charge in [-0.3, -0.25) is 9.59 Å². The van der Waals surface area contributed by atoms with E-state index in [1.54, 1.807) is 25.1 Å². The maximum absolute atomic E-state index is 13.7. The Kier molecular flexibility index (Phi) is 13.4. The van der Waals surface area contributed by atoms with Gasteiger partial charge in [0, 0.05) is 18.0 Å². The minimum absolute atomic E-state index is 0. The molecule has 0 saturated heterocycles. The largest absolute Gasteiger partial charge is 0.478 e. The van der Waals surface area contributed by atoms with E-state index >= 15 is 0 Å². The number of carbonyl (C=O) groups is 3. The first-order chi connectivity index (χ1) is 16.2. The minimum atomic E-state index is -1.01. The summed E-state index contributed by atoms with van der Waals surface area (Å²) in [6.07, 6.45) is 4.06. The maximum atomic E-state index is 13.7. The lowest BCUT2D eigenvalue weighted by Crippen LogP contribution is -2.61. The molecule has 0 aliphatic rings. The molecular formula is C28H46ClN3O4. The average Bonchev–Trinajstić information content (AvgIpc) is 2.79. The standard InChI is InChI=1S/C28H45N3O4.ClH/c1-10-11-17-21(18-19(2)26(34)35)31(9)25(33)23(27(3,4)5)30-24(32)22(29-8)28(6,7)20-15-13-12-14-16-20;/h12-16,18,21-23,29H,10-11,17H2,1-9H3,(H,30,32)(H,34,35);1H/b19-18+;/t21-,22+,23+;/m0./s1. The lowest BCUT2D eigenvalue weighted by atomic mass is 9.76. The van der Waals surface area contributed by atoms with Crippen LogP contribution in [-0.4, -0.2) is 60.0 Å². The summed E-state index contributed by atoms with van der Waals surface area (Å²) in [4.78, 5) is 40.3. The zero-order valence-electron chi connectivity index (χ0n) is 23.3. The number of unbranched alkanes of at least 4 members (excludes halogenated alkanes) is 1. The van der Waals surface area contributed by atoms with Crippen LogP contribution in [0.5, 0.6) is 0 Å². The van der Waals surface area contributed by atoms with E-state index in [9.17, 15) is 19.5 Å². The molecule has 1 rings (SSSR count). The van der Waals surface area contributed by atoms with Crippen LogP contribution in [0.3, 0.4) is 0 Å². The van der Waals surface area contributed by atoms with Gasteiger partial charge in [-0.25, -0.2) is 4.79 Å². The van der Waals surface area contributed by atoms with Crippen molar-refractivity contribution < 1.29 is 19.5 Å². The summed E-state index contributed by atoms with van der Waals surface area (Å²) in [6, 6.07) is 8.08. The molecule has 0 heterocycles. The number of rotatable bonds is 12. The number of nitrogens with one attached hydrogen (secondary N) is 2. The van der Waals surface area contributed by atoms with Gasteiger partial charge in [-0.2, -0.15) is 0 Å². The molecule has 0 aromatic heterocycles. The van der Waals surface area contributed by atoms with Crippen LogP contribution < -0.4 is 10.6 Å². The fraction of sp³-hybridized carbons (Fsp3) is 0.607. The summed E-state index contributed by atoms with van der Waals surface area (Å²) in [5, 5.41) is 15.5. The summed E-state index contributed by atoms with van der Waals surface area (Å²) in [6.45, 7) is 13.3. The molecule has 36 heavy (non-hydrogen) atoms. The molecule has 2 amide bonds. The lowest BCUT2D eigenvalue weighted by molar-refractivity contribution is -0.140. The third-order valence-corrected chi connectivity index (χ3v) is 6.67. The molecule has 0 fully saturated rings. The number of carboxylic acids is 1. The van der Waals surface area contributed by atoms with Crippen molar-refractivity contribution in [2.75, 3.05) is 14.1 Å². The van der Waals surface area contributed by atoms with Gasteiger partial charge in [0.25, 0.3) is 0 Å². The van der Waals surface area contributed by atoms with Gasteiger partial charge in [-0.05, 0) is 31.4 Å². The molecule has 3 N–H and O–H groups in total. The summed E-state index contributed by atoms with van der Waals surface area (Å²) in [5.74, 6) is -1.51. The Labute approximate surface area is 223 Å². The Morgan fingerprint density at radius 2 is 1.61 bits per heavy atom. The Balaban J connectivity index is 0.0000122. The van der Waals surface area contributed by atoms with Gasteiger partial charge in [0.2, 0.25) is 11.8 Å². The molecule has 0 unspecified atom stereocenters. The van der Waals surface area contributed by atoms with Gasteiger partial charge in [0.1, 0.15) is 6.04 Å². The van der Waals surface area contributed by atoms with Gasteiger partial charge in [-0.1, -0.05) is 90.8 Å². The van der Waals surface area contributed by atoms with Crippen molar-refractivity contribution in [3.8, 4) is 0 Å². The Morgan fingerprint density at radius 3 is 2.06 bits per heavy atom. The van der Waals surface area contributed by atoms with Crippen molar-refractivity contribution >= 4 is 30.2 Å². The molecular weight excluding hydrogens is 478 g/mol. The summed E-state index contributed by atoms with van der Waals surface area (Å²) < 4.78 is 0. The van der Waals surface area contributed by atoms with Crippen molar-refractivity contribution in [3.05, 3.63) is 47.5 Å². The van der Waals surface area contributed by atoms with Crippen LogP contribution in [0.2, 0.25) is 0 Å². The maximum Gasteiger partial charge on any atom is 0.331 e. The van der Waals surface area contributed by atoms with Crippen LogP contribution in [0.1, 0.15) is 73.3 Å². The van der Waals surface area contributed by atoms with Crippen molar-refractivity contribution in [1.29, 1.82) is 0 Å². The molecule has 204 valence electrons. The highest BCUT2D eigenvalue weighted by atomic mass is 35.5. The van der Waals surface area contributed by atoms with Gasteiger partial charge < -0.3 is 20.6 Å². The number of nitrogens with zero attached hydrogens (tertiary/aromatic N) is 1. The molecule has 0 bridgehead atoms. The van der Waals surface area contributed by atoms with E-state index in [0.717, 1.165) is 18.4 Å². The first-order valence-corrected chi connectivity index (χ1v) is 12.4. The summed E-state index contributed by atoms with van der Waals surface area (Å²) >= 11 is 0. The van der Waals surface area contributed by atoms with Crippen LogP contribution in [0.15, 0.2) is 42.0 Å². The van der Waals surface area contributed by atoms with Gasteiger partial charge >= 0.3 is 5.97 Å². The van der Waals surface area contributed by atoms with Crippen molar-refractivity contribution in [3.63, 3.8) is 0 Å². The zero-order chi connectivity index (χ0) is 27.0. The number of halogens is 1. The molecule has 3 atom stereocenters. The van der Waals surface area contributed by atoms with Crippen LogP contribution in [0.4, 0.5) is 0 Å². The van der Waals surface area contributed by atoms with Crippen LogP contribution in [0, 0.1) is 5.41 Å². The van der Waals surface area contributed by atoms with Crippen LogP contribution >= 0.6 is 12.4 Å². The van der Waals surface area contributed by atoms with E-state index in [2.05, 4.69) is 17.6 Å². The van der Waals surface area contributed by atoms with E-state index in [0.29, 0.717) is 6.42 Å². The second-order valence-electron chi connectivity index (χ2n) is 10.9. The van der Waals surface area contributed by atoms with E-state index in [-0.39, 0.29) is 35.8 Å². The SMILES string of the molecule is CCCC[C@@H](/C=C(\C)C(=O)O)N(C)C(=O)[C@@H](NC(=O)[C@@H](NC)C(C)(C)c1ccccc1)C(C)(C)C.Cl. The van der Waals surface area contributed by atoms with E-state index in [1.165, 1.54) is 6.92 Å². The molecule has 0 aliphatic carbocycles. The van der Waals surface area contributed by atoms with Crippen molar-refractivity contribution in [2.45, 2.75) is 91.3 Å². The topological polar surface area (TPSA) is 98.7 Å². The summed E-state index contributed by atoms with van der Waals surface area (Å²) in [7, 11) is 3.43. The zero-order valence-corrected chi connectivity index (χ0v) is 24.2. The van der Waals surface area contributed by atoms with Gasteiger partial charge in [-0.15, -0.1) is 12.4 Å². The number of amides is 2. The monoisotopic (exact) mass is 523 g/mol. The van der Waals surface area contributed by atoms with Crippen LogP contribution in [-0.2, 0) is 19.8 Å². The molecule has 1 aromatic carbocycles. The summed E-state index contributed by atoms with van der Waals surface area (Å²) in [5.41, 5.74) is 0.126. The predicted octanol–water partition coefficient (Wildman–Crippen LogP) is 4.55. The molecule has 0 saturated carbocycles. The van der Waals surface area contributed by atoms with E-state index in [1.807, 2.05) is 65.0 Å². The second-order valence-corrected chi connectivity index (χ2v) is 10.9. The number of carbonyl (C=O) groups excluding carboxylic acids is 2. The highest BCUT2D eigenvalue weighted by molar-refractivity contribution is 5.91. The number of benzene rings is 1. The van der Waals surface area contributed by atoms with Gasteiger partial charge in [0.15, 0.2) is 0 Å². The smallest absolute Gasteiger partial charge is 0.331 e. The predicted molar refractivity (Wildman–Crippen MR) is 148 cm³/mol. The minimum Gasteiger partial charge on any atom is -0.478 e. The number of carboxylic acid groups (broad SMARTS) is 1. The van der Waals surface area contributed by atoms with Crippen LogP contribution in [0.25, 0.3) is 0 Å². The van der Waals surface area contributed by atoms with E-state index < -0.39 is 28.9 Å². The lowest BCUT2D eigenvalue weighted by Gasteiger charge is -2.39. The Hall–Kier alpha value is -2.38. The molecule has 7 nitrogen and oxygen atoms in total. The normalized spacial score (nSPS) is 14.8. The Morgan fingerprint density at radius 1 is 1.06 bits per heavy atom. The average molecular weight is 524 g/mol. The quantitative estimate of drug-likeness (QED) is 0.349. The molecule has 1 aromatic rings.